The summed E-state index contributed by atoms with van der Waals surface area (Å²) in [4.78, 5) is 6.70. The number of halogens is 3. The highest BCUT2D eigenvalue weighted by molar-refractivity contribution is 5.69. The summed E-state index contributed by atoms with van der Waals surface area (Å²) >= 11 is 0. The van der Waals surface area contributed by atoms with Gasteiger partial charge in [0.25, 0.3) is 0 Å². The first kappa shape index (κ1) is 19.4. The number of aliphatic hydroxyl groups is 1. The third-order valence-electron chi connectivity index (χ3n) is 5.09. The van der Waals surface area contributed by atoms with Crippen molar-refractivity contribution in [1.82, 2.24) is 4.98 Å². The van der Waals surface area contributed by atoms with Gasteiger partial charge in [0.1, 0.15) is 12.0 Å². The van der Waals surface area contributed by atoms with Gasteiger partial charge in [0.05, 0.1) is 5.56 Å². The minimum absolute atomic E-state index is 0.306. The van der Waals surface area contributed by atoms with Gasteiger partial charge in [-0.1, -0.05) is 36.4 Å². The summed E-state index contributed by atoms with van der Waals surface area (Å²) in [5, 5.41) is 9.80. The number of nitrogens with two attached hydrogens (primary N) is 1. The molecule has 0 radical (unpaired) electrons. The molecule has 4 rings (SSSR count). The molecule has 1 unspecified atom stereocenters. The number of hydrogen-bond donors (Lipinski definition) is 2. The first-order valence-electron chi connectivity index (χ1n) is 9.28. The highest BCUT2D eigenvalue weighted by Crippen LogP contribution is 2.37. The van der Waals surface area contributed by atoms with E-state index in [4.69, 9.17) is 5.73 Å². The second kappa shape index (κ2) is 7.50. The molecule has 29 heavy (non-hydrogen) atoms. The van der Waals surface area contributed by atoms with Crippen molar-refractivity contribution in [3.63, 3.8) is 0 Å². The van der Waals surface area contributed by atoms with E-state index in [-0.39, 0.29) is 0 Å². The van der Waals surface area contributed by atoms with Crippen LogP contribution < -0.4 is 10.6 Å². The Morgan fingerprint density at radius 1 is 1.07 bits per heavy atom. The molecule has 0 fully saturated rings. The first-order chi connectivity index (χ1) is 13.8. The number of aliphatic hydroxyl groups excluding tert-OH is 1. The van der Waals surface area contributed by atoms with E-state index in [1.807, 2.05) is 35.2 Å². The molecule has 0 saturated heterocycles. The van der Waals surface area contributed by atoms with Gasteiger partial charge >= 0.3 is 6.18 Å². The number of hydrogen-bond acceptors (Lipinski definition) is 4. The Balaban J connectivity index is 1.61. The molecule has 2 aromatic carbocycles. The summed E-state index contributed by atoms with van der Waals surface area (Å²) in [5.41, 5.74) is 8.88. The van der Waals surface area contributed by atoms with E-state index in [0.717, 1.165) is 35.6 Å². The topological polar surface area (TPSA) is 62.4 Å². The van der Waals surface area contributed by atoms with E-state index in [0.29, 0.717) is 29.8 Å². The normalized spacial score (nSPS) is 14.7. The van der Waals surface area contributed by atoms with Crippen LogP contribution in [0.2, 0.25) is 0 Å². The Bertz CT molecular complexity index is 1030. The maximum atomic E-state index is 13.0. The van der Waals surface area contributed by atoms with Gasteiger partial charge in [-0.05, 0) is 41.8 Å². The van der Waals surface area contributed by atoms with Crippen LogP contribution in [0.1, 0.15) is 34.2 Å². The molecule has 1 atom stereocenters. The van der Waals surface area contributed by atoms with E-state index in [2.05, 4.69) is 4.98 Å². The van der Waals surface area contributed by atoms with Crippen LogP contribution in [0, 0.1) is 0 Å². The summed E-state index contributed by atoms with van der Waals surface area (Å²) in [5.74, 6) is 0.719. The van der Waals surface area contributed by atoms with Gasteiger partial charge < -0.3 is 15.7 Å². The van der Waals surface area contributed by atoms with Crippen molar-refractivity contribution in [1.29, 1.82) is 0 Å². The fraction of sp³-hybridized carbons (Fsp3) is 0.227. The summed E-state index contributed by atoms with van der Waals surface area (Å²) in [7, 11) is 0. The molecule has 0 amide bonds. The number of pyridine rings is 1. The Hall–Kier alpha value is -2.90. The maximum Gasteiger partial charge on any atom is 0.416 e. The van der Waals surface area contributed by atoms with Gasteiger partial charge in [-0.3, -0.25) is 0 Å². The molecule has 3 N–H and O–H groups in total. The molecule has 1 aromatic heterocycles. The lowest BCUT2D eigenvalue weighted by Gasteiger charge is -2.20. The van der Waals surface area contributed by atoms with Crippen LogP contribution in [0.15, 0.2) is 60.7 Å². The second-order valence-electron chi connectivity index (χ2n) is 7.05. The molecule has 0 bridgehead atoms. The predicted molar refractivity (Wildman–Crippen MR) is 105 cm³/mol. The Labute approximate surface area is 166 Å². The number of anilines is 2. The minimum Gasteiger partial charge on any atom is -0.375 e. The summed E-state index contributed by atoms with van der Waals surface area (Å²) in [6, 6.07) is 16.4. The standard InChI is InChI=1S/C22H20F3N3O/c23-22(24,25)15-5-1-4-14(12-15)13-16-6-2-9-20(27-16)28-11-10-17-18(21(26)29)7-3-8-19(17)28/h1-9,12,21,29H,10-11,13,26H2. The van der Waals surface area contributed by atoms with Crippen molar-refractivity contribution in [3.05, 3.63) is 88.6 Å². The molecule has 0 saturated carbocycles. The lowest BCUT2D eigenvalue weighted by atomic mass is 10.0. The summed E-state index contributed by atoms with van der Waals surface area (Å²) in [6.45, 7) is 0.694. The molecule has 0 aliphatic carbocycles. The quantitative estimate of drug-likeness (QED) is 0.641. The zero-order chi connectivity index (χ0) is 20.6. The van der Waals surface area contributed by atoms with Crippen molar-refractivity contribution < 1.29 is 18.3 Å². The number of alkyl halides is 3. The molecular weight excluding hydrogens is 379 g/mol. The van der Waals surface area contributed by atoms with E-state index >= 15 is 0 Å². The lowest BCUT2D eigenvalue weighted by Crippen LogP contribution is -2.15. The zero-order valence-corrected chi connectivity index (χ0v) is 15.5. The average Bonchev–Trinajstić information content (AvgIpc) is 3.12. The molecular formula is C22H20F3N3O. The molecule has 0 spiro atoms. The van der Waals surface area contributed by atoms with Gasteiger partial charge in [-0.15, -0.1) is 0 Å². The van der Waals surface area contributed by atoms with Crippen LogP contribution in [0.5, 0.6) is 0 Å². The predicted octanol–water partition coefficient (Wildman–Crippen LogP) is 4.34. The van der Waals surface area contributed by atoms with Gasteiger partial charge in [0.2, 0.25) is 0 Å². The smallest absolute Gasteiger partial charge is 0.375 e. The van der Waals surface area contributed by atoms with Crippen molar-refractivity contribution in [3.8, 4) is 0 Å². The number of nitrogens with zero attached hydrogens (tertiary/aromatic N) is 2. The third-order valence-corrected chi connectivity index (χ3v) is 5.09. The Kier molecular flexibility index (Phi) is 5.02. The van der Waals surface area contributed by atoms with Crippen LogP contribution in [0.4, 0.5) is 24.7 Å². The van der Waals surface area contributed by atoms with E-state index in [1.54, 1.807) is 12.1 Å². The first-order valence-corrected chi connectivity index (χ1v) is 9.28. The van der Waals surface area contributed by atoms with Crippen molar-refractivity contribution >= 4 is 11.5 Å². The van der Waals surface area contributed by atoms with Crippen LogP contribution in [0.25, 0.3) is 0 Å². The van der Waals surface area contributed by atoms with Crippen molar-refractivity contribution in [2.45, 2.75) is 25.2 Å². The number of benzene rings is 2. The molecule has 3 aromatic rings. The SMILES string of the molecule is NC(O)c1cccc2c1CCN2c1cccc(Cc2cccc(C(F)(F)F)c2)n1. The highest BCUT2D eigenvalue weighted by Gasteiger charge is 2.30. The molecule has 150 valence electrons. The largest absolute Gasteiger partial charge is 0.416 e. The van der Waals surface area contributed by atoms with E-state index in [1.165, 1.54) is 6.07 Å². The maximum absolute atomic E-state index is 13.0. The van der Waals surface area contributed by atoms with Crippen LogP contribution >= 0.6 is 0 Å². The number of aromatic nitrogens is 1. The Morgan fingerprint density at radius 2 is 1.83 bits per heavy atom. The summed E-state index contributed by atoms with van der Waals surface area (Å²) in [6.07, 6.45) is -4.36. The minimum atomic E-state index is -4.37. The Morgan fingerprint density at radius 3 is 2.59 bits per heavy atom. The highest BCUT2D eigenvalue weighted by atomic mass is 19.4. The molecule has 1 aliphatic rings. The summed E-state index contributed by atoms with van der Waals surface area (Å²) < 4.78 is 38.9. The average molecular weight is 399 g/mol. The van der Waals surface area contributed by atoms with Crippen molar-refractivity contribution in [2.24, 2.45) is 5.73 Å². The molecule has 1 aliphatic heterocycles. The fourth-order valence-corrected chi connectivity index (χ4v) is 3.76. The molecule has 2 heterocycles. The zero-order valence-electron chi connectivity index (χ0n) is 15.5. The van der Waals surface area contributed by atoms with Gasteiger partial charge in [-0.25, -0.2) is 4.98 Å². The number of fused-ring (bicyclic) bond motifs is 1. The van der Waals surface area contributed by atoms with Gasteiger partial charge in [-0.2, -0.15) is 13.2 Å². The molecule has 7 heteroatoms. The number of rotatable bonds is 4. The van der Waals surface area contributed by atoms with Crippen molar-refractivity contribution in [2.75, 3.05) is 11.4 Å². The van der Waals surface area contributed by atoms with Crippen LogP contribution in [0.3, 0.4) is 0 Å². The van der Waals surface area contributed by atoms with E-state index in [9.17, 15) is 18.3 Å². The van der Waals surface area contributed by atoms with E-state index < -0.39 is 18.0 Å². The van der Waals surface area contributed by atoms with Gasteiger partial charge in [0, 0.05) is 29.9 Å². The molecule has 4 nitrogen and oxygen atoms in total. The van der Waals surface area contributed by atoms with Gasteiger partial charge in [0.15, 0.2) is 0 Å². The van der Waals surface area contributed by atoms with Crippen LogP contribution in [-0.2, 0) is 19.0 Å². The third kappa shape index (κ3) is 3.97. The fourth-order valence-electron chi connectivity index (χ4n) is 3.76. The monoisotopic (exact) mass is 399 g/mol. The lowest BCUT2D eigenvalue weighted by molar-refractivity contribution is -0.137. The van der Waals surface area contributed by atoms with Crippen LogP contribution in [-0.4, -0.2) is 16.6 Å². The second-order valence-corrected chi connectivity index (χ2v) is 7.05.